The highest BCUT2D eigenvalue weighted by molar-refractivity contribution is 5.41. The number of nitrogen functional groups attached to an aromatic ring is 1. The van der Waals surface area contributed by atoms with Crippen molar-refractivity contribution >= 4 is 5.69 Å². The van der Waals surface area contributed by atoms with Gasteiger partial charge in [-0.2, -0.15) is 0 Å². The van der Waals surface area contributed by atoms with Gasteiger partial charge in [-0.15, -0.1) is 0 Å². The SMILES string of the molecule is Nc1cnoc1C1CC2CCC1O2. The van der Waals surface area contributed by atoms with Crippen LogP contribution in [0.25, 0.3) is 0 Å². The Labute approximate surface area is 76.0 Å². The van der Waals surface area contributed by atoms with Gasteiger partial charge in [-0.1, -0.05) is 5.16 Å². The lowest BCUT2D eigenvalue weighted by molar-refractivity contribution is 0.0980. The number of hydrogen-bond acceptors (Lipinski definition) is 4. The Balaban J connectivity index is 1.91. The molecule has 1 aromatic rings. The minimum atomic E-state index is 0.320. The molecule has 0 aromatic carbocycles. The Hall–Kier alpha value is -1.03. The fourth-order valence-corrected chi connectivity index (χ4v) is 2.45. The van der Waals surface area contributed by atoms with Gasteiger partial charge < -0.3 is 15.0 Å². The molecule has 0 saturated carbocycles. The lowest BCUT2D eigenvalue weighted by Crippen LogP contribution is -2.14. The summed E-state index contributed by atoms with van der Waals surface area (Å²) in [5.74, 6) is 1.17. The second-order valence-corrected chi connectivity index (χ2v) is 3.86. The molecule has 13 heavy (non-hydrogen) atoms. The molecule has 2 aliphatic rings. The highest BCUT2D eigenvalue weighted by Crippen LogP contribution is 2.45. The molecule has 4 heteroatoms. The van der Waals surface area contributed by atoms with Gasteiger partial charge in [0, 0.05) is 0 Å². The molecule has 3 rings (SSSR count). The van der Waals surface area contributed by atoms with Crippen molar-refractivity contribution in [1.82, 2.24) is 5.16 Å². The molecule has 4 nitrogen and oxygen atoms in total. The minimum Gasteiger partial charge on any atom is -0.395 e. The van der Waals surface area contributed by atoms with Gasteiger partial charge >= 0.3 is 0 Å². The van der Waals surface area contributed by atoms with Gasteiger partial charge in [0.05, 0.1) is 30.0 Å². The average molecular weight is 180 g/mol. The van der Waals surface area contributed by atoms with Crippen LogP contribution in [-0.2, 0) is 4.74 Å². The van der Waals surface area contributed by atoms with Crippen LogP contribution in [0.5, 0.6) is 0 Å². The predicted octanol–water partition coefficient (Wildman–Crippen LogP) is 1.29. The smallest absolute Gasteiger partial charge is 0.165 e. The molecule has 0 radical (unpaired) electrons. The summed E-state index contributed by atoms with van der Waals surface area (Å²) in [6.07, 6.45) is 5.69. The fourth-order valence-electron chi connectivity index (χ4n) is 2.45. The first-order valence-electron chi connectivity index (χ1n) is 4.70. The van der Waals surface area contributed by atoms with E-state index in [1.165, 1.54) is 6.42 Å². The van der Waals surface area contributed by atoms with E-state index in [0.29, 0.717) is 23.8 Å². The molecule has 0 spiro atoms. The van der Waals surface area contributed by atoms with Crippen molar-refractivity contribution in [2.45, 2.75) is 37.4 Å². The summed E-state index contributed by atoms with van der Waals surface area (Å²) in [5, 5.41) is 3.69. The first-order chi connectivity index (χ1) is 6.34. The molecule has 3 atom stereocenters. The molecule has 0 aliphatic carbocycles. The lowest BCUT2D eigenvalue weighted by atomic mass is 9.87. The summed E-state index contributed by atoms with van der Waals surface area (Å²) in [5.41, 5.74) is 6.41. The van der Waals surface area contributed by atoms with Gasteiger partial charge in [0.2, 0.25) is 0 Å². The molecule has 3 heterocycles. The van der Waals surface area contributed by atoms with Crippen LogP contribution >= 0.6 is 0 Å². The van der Waals surface area contributed by atoms with Crippen LogP contribution in [0.1, 0.15) is 30.9 Å². The normalized spacial score (nSPS) is 37.1. The summed E-state index contributed by atoms with van der Waals surface area (Å²) >= 11 is 0. The second kappa shape index (κ2) is 2.48. The molecule has 70 valence electrons. The molecular weight excluding hydrogens is 168 g/mol. The third-order valence-corrected chi connectivity index (χ3v) is 3.07. The molecule has 3 unspecified atom stereocenters. The fraction of sp³-hybridized carbons (Fsp3) is 0.667. The third kappa shape index (κ3) is 0.983. The molecule has 2 aliphatic heterocycles. The standard InChI is InChI=1S/C9H12N2O2/c10-7-4-11-13-9(7)6-3-5-1-2-8(6)12-5/h4-6,8H,1-3,10H2. The van der Waals surface area contributed by atoms with E-state index >= 15 is 0 Å². The summed E-state index contributed by atoms with van der Waals surface area (Å²) in [6.45, 7) is 0. The Morgan fingerprint density at radius 1 is 1.46 bits per heavy atom. The second-order valence-electron chi connectivity index (χ2n) is 3.86. The van der Waals surface area contributed by atoms with Gasteiger partial charge in [0.15, 0.2) is 5.76 Å². The maximum absolute atomic E-state index is 5.74. The summed E-state index contributed by atoms with van der Waals surface area (Å²) < 4.78 is 10.9. The molecule has 2 N–H and O–H groups in total. The van der Waals surface area contributed by atoms with Gasteiger partial charge in [0.1, 0.15) is 0 Å². The highest BCUT2D eigenvalue weighted by Gasteiger charge is 2.43. The Morgan fingerprint density at radius 2 is 2.38 bits per heavy atom. The van der Waals surface area contributed by atoms with Gasteiger partial charge in [-0.05, 0) is 19.3 Å². The predicted molar refractivity (Wildman–Crippen MR) is 46.2 cm³/mol. The van der Waals surface area contributed by atoms with Crippen LogP contribution in [0, 0.1) is 0 Å². The first kappa shape index (κ1) is 7.38. The van der Waals surface area contributed by atoms with Crippen molar-refractivity contribution < 1.29 is 9.26 Å². The lowest BCUT2D eigenvalue weighted by Gasteiger charge is -2.15. The average Bonchev–Trinajstić information content (AvgIpc) is 2.77. The summed E-state index contributed by atoms with van der Waals surface area (Å²) in [4.78, 5) is 0. The molecule has 1 aromatic heterocycles. The zero-order valence-corrected chi connectivity index (χ0v) is 7.27. The van der Waals surface area contributed by atoms with E-state index < -0.39 is 0 Å². The number of anilines is 1. The van der Waals surface area contributed by atoms with Crippen molar-refractivity contribution in [3.63, 3.8) is 0 Å². The maximum Gasteiger partial charge on any atom is 0.165 e. The van der Waals surface area contributed by atoms with Crippen LogP contribution in [0.4, 0.5) is 5.69 Å². The van der Waals surface area contributed by atoms with Crippen molar-refractivity contribution in [3.05, 3.63) is 12.0 Å². The number of aromatic nitrogens is 1. The zero-order valence-electron chi connectivity index (χ0n) is 7.27. The van der Waals surface area contributed by atoms with E-state index in [1.807, 2.05) is 0 Å². The highest BCUT2D eigenvalue weighted by atomic mass is 16.5. The molecule has 0 amide bonds. The van der Waals surface area contributed by atoms with E-state index in [1.54, 1.807) is 6.20 Å². The van der Waals surface area contributed by atoms with E-state index in [0.717, 1.165) is 18.6 Å². The topological polar surface area (TPSA) is 61.3 Å². The van der Waals surface area contributed by atoms with E-state index in [2.05, 4.69) is 5.16 Å². The minimum absolute atomic E-state index is 0.320. The molecule has 2 saturated heterocycles. The van der Waals surface area contributed by atoms with Crippen molar-refractivity contribution in [2.75, 3.05) is 5.73 Å². The Bertz CT molecular complexity index is 323. The van der Waals surface area contributed by atoms with Crippen molar-refractivity contribution in [3.8, 4) is 0 Å². The number of hydrogen-bond donors (Lipinski definition) is 1. The van der Waals surface area contributed by atoms with Crippen LogP contribution in [0.3, 0.4) is 0 Å². The summed E-state index contributed by atoms with van der Waals surface area (Å²) in [7, 11) is 0. The zero-order chi connectivity index (χ0) is 8.84. The quantitative estimate of drug-likeness (QED) is 0.707. The Morgan fingerprint density at radius 3 is 2.92 bits per heavy atom. The Kier molecular flexibility index (Phi) is 1.41. The number of fused-ring (bicyclic) bond motifs is 2. The van der Waals surface area contributed by atoms with Crippen LogP contribution in [0.15, 0.2) is 10.7 Å². The molecular formula is C9H12N2O2. The van der Waals surface area contributed by atoms with Crippen LogP contribution in [-0.4, -0.2) is 17.4 Å². The molecule has 2 bridgehead atoms. The van der Waals surface area contributed by atoms with Gasteiger partial charge in [0.25, 0.3) is 0 Å². The largest absolute Gasteiger partial charge is 0.395 e. The van der Waals surface area contributed by atoms with E-state index in [9.17, 15) is 0 Å². The number of rotatable bonds is 1. The monoisotopic (exact) mass is 180 g/mol. The molecule has 2 fully saturated rings. The van der Waals surface area contributed by atoms with Crippen molar-refractivity contribution in [2.24, 2.45) is 0 Å². The number of ether oxygens (including phenoxy) is 1. The van der Waals surface area contributed by atoms with E-state index in [4.69, 9.17) is 15.0 Å². The van der Waals surface area contributed by atoms with Crippen LogP contribution < -0.4 is 5.73 Å². The van der Waals surface area contributed by atoms with Crippen LogP contribution in [0.2, 0.25) is 0 Å². The number of nitrogens with two attached hydrogens (primary N) is 1. The number of nitrogens with zero attached hydrogens (tertiary/aromatic N) is 1. The van der Waals surface area contributed by atoms with Gasteiger partial charge in [-0.25, -0.2) is 0 Å². The van der Waals surface area contributed by atoms with E-state index in [-0.39, 0.29) is 0 Å². The van der Waals surface area contributed by atoms with Gasteiger partial charge in [-0.3, -0.25) is 0 Å². The maximum atomic E-state index is 5.74. The first-order valence-corrected chi connectivity index (χ1v) is 4.70. The van der Waals surface area contributed by atoms with Crippen molar-refractivity contribution in [1.29, 1.82) is 0 Å². The summed E-state index contributed by atoms with van der Waals surface area (Å²) in [6, 6.07) is 0. The third-order valence-electron chi connectivity index (χ3n) is 3.07.